The number of amides is 3. The Labute approximate surface area is 205 Å². The fourth-order valence-corrected chi connectivity index (χ4v) is 4.96. The predicted octanol–water partition coefficient (Wildman–Crippen LogP) is 1.44. The van der Waals surface area contributed by atoms with Crippen molar-refractivity contribution in [2.75, 3.05) is 45.9 Å². The van der Waals surface area contributed by atoms with Crippen LogP contribution in [0.3, 0.4) is 0 Å². The van der Waals surface area contributed by atoms with Gasteiger partial charge >= 0.3 is 0 Å². The third-order valence-electron chi connectivity index (χ3n) is 7.06. The van der Waals surface area contributed by atoms with Crippen molar-refractivity contribution < 1.29 is 19.1 Å². The molecule has 0 spiro atoms. The summed E-state index contributed by atoms with van der Waals surface area (Å²) in [7, 11) is 0. The molecule has 0 unspecified atom stereocenters. The summed E-state index contributed by atoms with van der Waals surface area (Å²) in [4.78, 5) is 48.2. The van der Waals surface area contributed by atoms with Crippen molar-refractivity contribution in [2.24, 2.45) is 5.92 Å². The zero-order valence-electron chi connectivity index (χ0n) is 20.6. The molecule has 3 fully saturated rings. The van der Waals surface area contributed by atoms with E-state index in [4.69, 9.17) is 4.74 Å². The average molecular weight is 483 g/mol. The van der Waals surface area contributed by atoms with Crippen molar-refractivity contribution in [3.8, 4) is 0 Å². The molecule has 2 saturated heterocycles. The van der Waals surface area contributed by atoms with E-state index in [2.05, 4.69) is 10.1 Å². The minimum atomic E-state index is -0.287. The highest BCUT2D eigenvalue weighted by Crippen LogP contribution is 2.29. The van der Waals surface area contributed by atoms with E-state index in [1.807, 2.05) is 24.8 Å². The first-order chi connectivity index (χ1) is 16.9. The van der Waals surface area contributed by atoms with Crippen LogP contribution in [0.1, 0.15) is 54.0 Å². The van der Waals surface area contributed by atoms with Crippen molar-refractivity contribution >= 4 is 23.4 Å². The molecule has 3 aliphatic rings. The lowest BCUT2D eigenvalue weighted by molar-refractivity contribution is -0.131. The first kappa shape index (κ1) is 23.7. The van der Waals surface area contributed by atoms with Crippen LogP contribution < -0.4 is 0 Å². The lowest BCUT2D eigenvalue weighted by Crippen LogP contribution is -2.40. The summed E-state index contributed by atoms with van der Waals surface area (Å²) in [5.74, 6) is 0.397. The van der Waals surface area contributed by atoms with Crippen molar-refractivity contribution in [3.05, 3.63) is 29.2 Å². The monoisotopic (exact) mass is 482 g/mol. The summed E-state index contributed by atoms with van der Waals surface area (Å²) in [5, 5.41) is 4.47. The molecule has 188 valence electrons. The van der Waals surface area contributed by atoms with Crippen LogP contribution in [0, 0.1) is 19.8 Å². The number of carbonyl (C=O) groups is 3. The van der Waals surface area contributed by atoms with Gasteiger partial charge in [0.15, 0.2) is 11.3 Å². The van der Waals surface area contributed by atoms with E-state index < -0.39 is 0 Å². The molecule has 2 aliphatic heterocycles. The van der Waals surface area contributed by atoms with Gasteiger partial charge in [0, 0.05) is 63.2 Å². The molecule has 1 saturated carbocycles. The Hall–Kier alpha value is -3.01. The molecule has 1 aliphatic carbocycles. The second-order valence-corrected chi connectivity index (χ2v) is 10.1. The van der Waals surface area contributed by atoms with E-state index >= 15 is 0 Å². The third kappa shape index (κ3) is 5.47. The fraction of sp³-hybridized carbons (Fsp3) is 0.640. The minimum Gasteiger partial charge on any atom is -0.374 e. The number of fused-ring (bicyclic) bond motifs is 1. The Morgan fingerprint density at radius 3 is 2.63 bits per heavy atom. The fourth-order valence-electron chi connectivity index (χ4n) is 4.96. The maximum atomic E-state index is 13.4. The Morgan fingerprint density at radius 2 is 1.89 bits per heavy atom. The number of rotatable bonds is 8. The topological polar surface area (TPSA) is 100 Å². The van der Waals surface area contributed by atoms with Gasteiger partial charge in [0.2, 0.25) is 11.8 Å². The second kappa shape index (κ2) is 9.93. The van der Waals surface area contributed by atoms with Gasteiger partial charge < -0.3 is 19.4 Å². The van der Waals surface area contributed by atoms with Gasteiger partial charge in [-0.3, -0.25) is 14.4 Å². The van der Waals surface area contributed by atoms with Gasteiger partial charge in [-0.25, -0.2) is 9.50 Å². The van der Waals surface area contributed by atoms with Crippen LogP contribution in [0.25, 0.3) is 5.65 Å². The van der Waals surface area contributed by atoms with Crippen LogP contribution in [0.5, 0.6) is 0 Å². The molecule has 0 N–H and O–H groups in total. The molecule has 5 rings (SSSR count). The highest BCUT2D eigenvalue weighted by Gasteiger charge is 2.33. The van der Waals surface area contributed by atoms with E-state index in [0.29, 0.717) is 50.8 Å². The maximum Gasteiger partial charge on any atom is 0.275 e. The van der Waals surface area contributed by atoms with E-state index in [1.165, 1.54) is 12.8 Å². The van der Waals surface area contributed by atoms with Crippen molar-refractivity contribution in [3.63, 3.8) is 0 Å². The van der Waals surface area contributed by atoms with Crippen LogP contribution in [-0.2, 0) is 14.3 Å². The number of hydrogen-bond acceptors (Lipinski definition) is 6. The highest BCUT2D eigenvalue weighted by atomic mass is 16.5. The molecule has 2 aromatic heterocycles. The number of hydrogen-bond donors (Lipinski definition) is 0. The number of aromatic nitrogens is 3. The number of nitrogens with zero attached hydrogens (tertiary/aromatic N) is 6. The van der Waals surface area contributed by atoms with Crippen LogP contribution in [0.2, 0.25) is 0 Å². The molecule has 1 atom stereocenters. The summed E-state index contributed by atoms with van der Waals surface area (Å²) in [5.41, 5.74) is 2.65. The van der Waals surface area contributed by atoms with Gasteiger partial charge in [-0.05, 0) is 51.5 Å². The van der Waals surface area contributed by atoms with Gasteiger partial charge in [-0.15, -0.1) is 0 Å². The van der Waals surface area contributed by atoms with Crippen LogP contribution in [0.15, 0.2) is 12.1 Å². The van der Waals surface area contributed by atoms with Crippen LogP contribution in [0.4, 0.5) is 0 Å². The molecule has 2 aromatic rings. The molecule has 10 heteroatoms. The zero-order chi connectivity index (χ0) is 24.5. The van der Waals surface area contributed by atoms with Crippen molar-refractivity contribution in [2.45, 2.75) is 52.1 Å². The summed E-state index contributed by atoms with van der Waals surface area (Å²) >= 11 is 0. The number of ether oxygens (including phenoxy) is 1. The summed E-state index contributed by atoms with van der Waals surface area (Å²) in [6.45, 7) is 7.29. The van der Waals surface area contributed by atoms with E-state index in [-0.39, 0.29) is 36.1 Å². The summed E-state index contributed by atoms with van der Waals surface area (Å²) in [6, 6.07) is 3.60. The first-order valence-corrected chi connectivity index (χ1v) is 12.7. The first-order valence-electron chi connectivity index (χ1n) is 12.7. The second-order valence-electron chi connectivity index (χ2n) is 10.1. The number of likely N-dealkylation sites (tertiary alicyclic amines) is 1. The number of aryl methyl sites for hydroxylation is 2. The summed E-state index contributed by atoms with van der Waals surface area (Å²) in [6.07, 6.45) is 4.35. The Morgan fingerprint density at radius 1 is 1.09 bits per heavy atom. The Bertz CT molecular complexity index is 1130. The molecule has 0 aromatic carbocycles. The summed E-state index contributed by atoms with van der Waals surface area (Å²) < 4.78 is 7.84. The van der Waals surface area contributed by atoms with Crippen molar-refractivity contribution in [1.29, 1.82) is 0 Å². The van der Waals surface area contributed by atoms with E-state index in [0.717, 1.165) is 30.8 Å². The number of carbonyl (C=O) groups excluding carboxylic acids is 3. The Kier molecular flexibility index (Phi) is 6.73. The maximum absolute atomic E-state index is 13.4. The zero-order valence-corrected chi connectivity index (χ0v) is 20.6. The van der Waals surface area contributed by atoms with Gasteiger partial charge in [0.25, 0.3) is 5.91 Å². The van der Waals surface area contributed by atoms with Crippen LogP contribution >= 0.6 is 0 Å². The van der Waals surface area contributed by atoms with Crippen molar-refractivity contribution in [1.82, 2.24) is 29.3 Å². The smallest absolute Gasteiger partial charge is 0.275 e. The third-order valence-corrected chi connectivity index (χ3v) is 7.06. The van der Waals surface area contributed by atoms with Crippen LogP contribution in [-0.4, -0.2) is 99.0 Å². The molecule has 10 nitrogen and oxygen atoms in total. The molecule has 3 amide bonds. The predicted molar refractivity (Wildman–Crippen MR) is 128 cm³/mol. The van der Waals surface area contributed by atoms with E-state index in [1.54, 1.807) is 20.4 Å². The molecular formula is C25H34N6O4. The molecule has 0 radical (unpaired) electrons. The van der Waals surface area contributed by atoms with Gasteiger partial charge in [-0.1, -0.05) is 0 Å². The average Bonchev–Trinajstić information content (AvgIpc) is 3.45. The SMILES string of the molecule is Cc1cc(C)n2nc(C(=O)N3CC(=O)N(CCCN4CCCC4=O)C[C@@H](OCC4CC4)C3)cc2n1. The molecule has 4 heterocycles. The largest absolute Gasteiger partial charge is 0.374 e. The van der Waals surface area contributed by atoms with E-state index in [9.17, 15) is 14.4 Å². The normalized spacial score (nSPS) is 21.3. The minimum absolute atomic E-state index is 0.00984. The van der Waals surface area contributed by atoms with Gasteiger partial charge in [0.1, 0.15) is 6.54 Å². The standard InChI is InChI=1S/C25H34N6O4/c1-17-11-18(2)31-22(26-17)12-21(27-31)25(34)30-14-20(35-16-19-6-7-19)13-29(24(33)15-30)10-4-9-28-8-3-5-23(28)32/h11-12,19-20H,3-10,13-16H2,1-2H3/t20-/m1/s1. The highest BCUT2D eigenvalue weighted by molar-refractivity contribution is 5.96. The molecule has 0 bridgehead atoms. The lowest BCUT2D eigenvalue weighted by Gasteiger charge is -2.25. The lowest BCUT2D eigenvalue weighted by atomic mass is 10.2. The van der Waals surface area contributed by atoms with Gasteiger partial charge in [-0.2, -0.15) is 5.10 Å². The molecule has 35 heavy (non-hydrogen) atoms. The quantitative estimate of drug-likeness (QED) is 0.565. The molecular weight excluding hydrogens is 448 g/mol. The van der Waals surface area contributed by atoms with Gasteiger partial charge in [0.05, 0.1) is 6.10 Å². The Balaban J connectivity index is 1.29.